The fraction of sp³-hybridized carbons (Fsp3) is 0.371. The standard InChI is InChI=1S/C35H34ClF3N2O5/c1-41(24-4-2-5-24)14-3-15-43-31-21-29-32(34-33(31)44-16-17-45-34)30(12-13-40-29)46-26-9-6-22(7-10-26)18-25(42)19-23-8-11-28(36)27(20-23)35(37,38)39/h6-13,20-21,24H,2-5,14-19H2,1H3. The van der Waals surface area contributed by atoms with E-state index in [1.54, 1.807) is 36.5 Å². The van der Waals surface area contributed by atoms with Crippen LogP contribution in [0.3, 0.4) is 0 Å². The SMILES string of the molecule is CN(CCCOc1cc2nccc(Oc3ccc(CC(=O)Cc4ccc(Cl)c(C(F)(F)F)c4)cc3)c2c2c1OCCO2)C1CCC1. The number of hydrogen-bond acceptors (Lipinski definition) is 7. The van der Waals surface area contributed by atoms with Gasteiger partial charge in [-0.1, -0.05) is 36.2 Å². The number of pyridine rings is 1. The van der Waals surface area contributed by atoms with Crippen LogP contribution in [0.1, 0.15) is 42.4 Å². The van der Waals surface area contributed by atoms with Crippen molar-refractivity contribution in [2.45, 2.75) is 50.7 Å². The van der Waals surface area contributed by atoms with Gasteiger partial charge in [-0.3, -0.25) is 9.78 Å². The predicted octanol–water partition coefficient (Wildman–Crippen LogP) is 8.08. The molecule has 46 heavy (non-hydrogen) atoms. The van der Waals surface area contributed by atoms with Crippen LogP contribution in [0.15, 0.2) is 60.8 Å². The number of aromatic nitrogens is 1. The first-order valence-corrected chi connectivity index (χ1v) is 15.7. The van der Waals surface area contributed by atoms with Crippen molar-refractivity contribution in [2.75, 3.05) is 33.4 Å². The Morgan fingerprint density at radius 1 is 0.978 bits per heavy atom. The van der Waals surface area contributed by atoms with Gasteiger partial charge in [0.1, 0.15) is 30.5 Å². The Balaban J connectivity index is 1.12. The molecule has 6 rings (SSSR count). The van der Waals surface area contributed by atoms with Crippen LogP contribution in [0.5, 0.6) is 28.7 Å². The molecule has 1 fully saturated rings. The largest absolute Gasteiger partial charge is 0.489 e. The summed E-state index contributed by atoms with van der Waals surface area (Å²) in [7, 11) is 2.17. The number of fused-ring (bicyclic) bond motifs is 3. The van der Waals surface area contributed by atoms with E-state index in [1.807, 2.05) is 6.07 Å². The van der Waals surface area contributed by atoms with Gasteiger partial charge in [-0.15, -0.1) is 0 Å². The minimum atomic E-state index is -4.59. The van der Waals surface area contributed by atoms with Crippen molar-refractivity contribution in [1.82, 2.24) is 9.88 Å². The molecule has 1 aliphatic carbocycles. The average Bonchev–Trinajstić information content (AvgIpc) is 3.00. The van der Waals surface area contributed by atoms with E-state index in [4.69, 9.17) is 30.5 Å². The van der Waals surface area contributed by atoms with Crippen molar-refractivity contribution in [3.8, 4) is 28.7 Å². The topological polar surface area (TPSA) is 70.1 Å². The predicted molar refractivity (Wildman–Crippen MR) is 168 cm³/mol. The highest BCUT2D eigenvalue weighted by molar-refractivity contribution is 6.31. The lowest BCUT2D eigenvalue weighted by Gasteiger charge is -2.34. The van der Waals surface area contributed by atoms with Gasteiger partial charge in [0.05, 0.1) is 28.1 Å². The summed E-state index contributed by atoms with van der Waals surface area (Å²) < 4.78 is 64.1. The quantitative estimate of drug-likeness (QED) is 0.143. The van der Waals surface area contributed by atoms with E-state index in [2.05, 4.69) is 16.9 Å². The molecular formula is C35H34ClF3N2O5. The van der Waals surface area contributed by atoms with Gasteiger partial charge in [0.25, 0.3) is 0 Å². The van der Waals surface area contributed by atoms with Crippen LogP contribution >= 0.6 is 11.6 Å². The van der Waals surface area contributed by atoms with Crippen LogP contribution in [-0.2, 0) is 23.8 Å². The molecule has 0 amide bonds. The number of carbonyl (C=O) groups is 1. The summed E-state index contributed by atoms with van der Waals surface area (Å²) in [6.45, 7) is 2.28. The number of halogens is 4. The van der Waals surface area contributed by atoms with Gasteiger partial charge >= 0.3 is 6.18 Å². The van der Waals surface area contributed by atoms with Crippen LogP contribution in [0.25, 0.3) is 10.9 Å². The normalized spacial score (nSPS) is 14.7. The molecule has 11 heteroatoms. The maximum absolute atomic E-state index is 13.2. The molecule has 2 heterocycles. The Morgan fingerprint density at radius 2 is 1.70 bits per heavy atom. The third-order valence-electron chi connectivity index (χ3n) is 8.34. The minimum Gasteiger partial charge on any atom is -0.489 e. The van der Waals surface area contributed by atoms with Gasteiger partial charge in [0, 0.05) is 37.7 Å². The van der Waals surface area contributed by atoms with E-state index in [0.29, 0.717) is 71.1 Å². The van der Waals surface area contributed by atoms with Crippen LogP contribution in [-0.4, -0.2) is 55.1 Å². The molecule has 0 atom stereocenters. The number of alkyl halides is 3. The monoisotopic (exact) mass is 654 g/mol. The Bertz CT molecular complexity index is 1710. The second kappa shape index (κ2) is 13.8. The van der Waals surface area contributed by atoms with Gasteiger partial charge in [-0.25, -0.2) is 0 Å². The fourth-order valence-corrected chi connectivity index (χ4v) is 5.92. The Labute approximate surface area is 270 Å². The second-order valence-electron chi connectivity index (χ2n) is 11.7. The summed E-state index contributed by atoms with van der Waals surface area (Å²) >= 11 is 5.70. The van der Waals surface area contributed by atoms with Gasteiger partial charge in [-0.05, 0) is 67.8 Å². The van der Waals surface area contributed by atoms with Crippen molar-refractivity contribution in [3.63, 3.8) is 0 Å². The number of benzene rings is 3. The van der Waals surface area contributed by atoms with Gasteiger partial charge in [-0.2, -0.15) is 13.2 Å². The number of rotatable bonds is 12. The van der Waals surface area contributed by atoms with Crippen LogP contribution in [0, 0.1) is 0 Å². The first-order valence-electron chi connectivity index (χ1n) is 15.3. The molecule has 0 radical (unpaired) electrons. The molecule has 0 unspecified atom stereocenters. The molecule has 2 aliphatic rings. The van der Waals surface area contributed by atoms with E-state index in [-0.39, 0.29) is 24.2 Å². The molecule has 0 saturated heterocycles. The number of carbonyl (C=O) groups excluding carboxylic acids is 1. The van der Waals surface area contributed by atoms with Gasteiger partial charge in [0.2, 0.25) is 5.75 Å². The maximum Gasteiger partial charge on any atom is 0.417 e. The molecule has 4 aromatic rings. The highest BCUT2D eigenvalue weighted by Gasteiger charge is 2.33. The number of hydrogen-bond donors (Lipinski definition) is 0. The summed E-state index contributed by atoms with van der Waals surface area (Å²) in [5.74, 6) is 2.45. The zero-order valence-electron chi connectivity index (χ0n) is 25.4. The molecule has 0 spiro atoms. The number of ether oxygens (including phenoxy) is 4. The van der Waals surface area contributed by atoms with Crippen molar-refractivity contribution < 1.29 is 36.9 Å². The van der Waals surface area contributed by atoms with E-state index in [1.165, 1.54) is 31.4 Å². The van der Waals surface area contributed by atoms with Crippen molar-refractivity contribution in [3.05, 3.63) is 82.5 Å². The second-order valence-corrected chi connectivity index (χ2v) is 12.1. The smallest absolute Gasteiger partial charge is 0.417 e. The number of ketones is 1. The third-order valence-corrected chi connectivity index (χ3v) is 8.67. The summed E-state index contributed by atoms with van der Waals surface area (Å²) in [6.07, 6.45) is 1.71. The molecule has 242 valence electrons. The average molecular weight is 655 g/mol. The number of Topliss-reactive ketones (excluding diaryl/α,β-unsaturated/α-hetero) is 1. The molecule has 7 nitrogen and oxygen atoms in total. The van der Waals surface area contributed by atoms with Gasteiger partial charge < -0.3 is 23.8 Å². The van der Waals surface area contributed by atoms with E-state index in [9.17, 15) is 18.0 Å². The van der Waals surface area contributed by atoms with Crippen molar-refractivity contribution >= 4 is 28.3 Å². The summed E-state index contributed by atoms with van der Waals surface area (Å²) in [5.41, 5.74) is 0.651. The third kappa shape index (κ3) is 7.34. The summed E-state index contributed by atoms with van der Waals surface area (Å²) in [4.78, 5) is 19.6. The minimum absolute atomic E-state index is 0.0563. The van der Waals surface area contributed by atoms with E-state index >= 15 is 0 Å². The molecular weight excluding hydrogens is 621 g/mol. The Kier molecular flexibility index (Phi) is 9.56. The summed E-state index contributed by atoms with van der Waals surface area (Å²) in [5, 5.41) is 0.266. The maximum atomic E-state index is 13.2. The van der Waals surface area contributed by atoms with Crippen LogP contribution in [0.4, 0.5) is 13.2 Å². The Morgan fingerprint density at radius 3 is 2.41 bits per heavy atom. The van der Waals surface area contributed by atoms with Crippen LogP contribution < -0.4 is 18.9 Å². The highest BCUT2D eigenvalue weighted by Crippen LogP contribution is 2.48. The zero-order chi connectivity index (χ0) is 32.3. The lowest BCUT2D eigenvalue weighted by molar-refractivity contribution is -0.137. The van der Waals surface area contributed by atoms with E-state index < -0.39 is 16.8 Å². The fourth-order valence-electron chi connectivity index (χ4n) is 5.69. The van der Waals surface area contributed by atoms with Gasteiger partial charge in [0.15, 0.2) is 11.5 Å². The number of nitrogens with zero attached hydrogens (tertiary/aromatic N) is 2. The molecule has 3 aromatic carbocycles. The first kappa shape index (κ1) is 31.9. The van der Waals surface area contributed by atoms with Crippen molar-refractivity contribution in [1.29, 1.82) is 0 Å². The summed E-state index contributed by atoms with van der Waals surface area (Å²) in [6, 6.07) is 14.8. The molecule has 1 aliphatic heterocycles. The highest BCUT2D eigenvalue weighted by atomic mass is 35.5. The lowest BCUT2D eigenvalue weighted by atomic mass is 9.92. The molecule has 1 saturated carbocycles. The van der Waals surface area contributed by atoms with E-state index in [0.717, 1.165) is 19.0 Å². The lowest BCUT2D eigenvalue weighted by Crippen LogP contribution is -2.38. The van der Waals surface area contributed by atoms with Crippen molar-refractivity contribution in [2.24, 2.45) is 0 Å². The zero-order valence-corrected chi connectivity index (χ0v) is 26.1. The molecule has 1 aromatic heterocycles. The van der Waals surface area contributed by atoms with Crippen LogP contribution in [0.2, 0.25) is 5.02 Å². The Hall–Kier alpha value is -4.02. The molecule has 0 N–H and O–H groups in total. The first-order chi connectivity index (χ1) is 22.2. The molecule has 0 bridgehead atoms.